The molecule has 166 valence electrons. The van der Waals surface area contributed by atoms with E-state index in [9.17, 15) is 9.59 Å². The van der Waals surface area contributed by atoms with Crippen LogP contribution in [0.1, 0.15) is 23.7 Å². The molecule has 2 aromatic carbocycles. The van der Waals surface area contributed by atoms with Crippen molar-refractivity contribution in [2.45, 2.75) is 13.3 Å². The molecule has 0 atom stereocenters. The van der Waals surface area contributed by atoms with Gasteiger partial charge >= 0.3 is 5.97 Å². The fourth-order valence-corrected chi connectivity index (χ4v) is 3.20. The number of aliphatic carboxylic acids is 1. The molecule has 8 heteroatoms. The molecule has 0 saturated carbocycles. The summed E-state index contributed by atoms with van der Waals surface area (Å²) in [5.41, 5.74) is 3.91. The number of nitrogens with one attached hydrogen (secondary N) is 3. The molecule has 32 heavy (non-hydrogen) atoms. The minimum atomic E-state index is -1.07. The average molecular weight is 434 g/mol. The van der Waals surface area contributed by atoms with Gasteiger partial charge in [0.2, 0.25) is 0 Å². The number of carboxylic acid groups (broad SMARTS) is 1. The minimum absolute atomic E-state index is 0.0454. The summed E-state index contributed by atoms with van der Waals surface area (Å²) in [6.07, 6.45) is 4.49. The minimum Gasteiger partial charge on any atom is -0.477 e. The van der Waals surface area contributed by atoms with Gasteiger partial charge in [-0.3, -0.25) is 9.48 Å². The van der Waals surface area contributed by atoms with Crippen LogP contribution in [0.3, 0.4) is 0 Å². The van der Waals surface area contributed by atoms with Crippen molar-refractivity contribution in [2.24, 2.45) is 7.05 Å². The number of anilines is 2. The standard InChI is InChI=1S/C24H27N5O3/c1-4-17(11-12-25-16(2)24(31)32)14-26-21-8-6-5-7-20(21)23(30)28-19-10-9-18-15-27-29(3)22(18)13-19/h5-11,13,15,25-26H,2,4,12,14H2,1,3H3,(H,28,30)(H,31,32)/b17-11+. The lowest BCUT2D eigenvalue weighted by atomic mass is 10.1. The first kappa shape index (κ1) is 22.6. The van der Waals surface area contributed by atoms with Crippen molar-refractivity contribution in [2.75, 3.05) is 23.7 Å². The van der Waals surface area contributed by atoms with Crippen molar-refractivity contribution >= 4 is 34.2 Å². The van der Waals surface area contributed by atoms with Gasteiger partial charge in [-0.25, -0.2) is 4.79 Å². The number of amides is 1. The van der Waals surface area contributed by atoms with Crippen LogP contribution in [0.15, 0.2) is 72.6 Å². The zero-order valence-electron chi connectivity index (χ0n) is 18.2. The highest BCUT2D eigenvalue weighted by molar-refractivity contribution is 6.08. The highest BCUT2D eigenvalue weighted by Gasteiger charge is 2.12. The van der Waals surface area contributed by atoms with E-state index in [1.807, 2.05) is 56.4 Å². The molecular weight excluding hydrogens is 406 g/mol. The van der Waals surface area contributed by atoms with E-state index in [4.69, 9.17) is 5.11 Å². The van der Waals surface area contributed by atoms with Gasteiger partial charge in [0.15, 0.2) is 0 Å². The molecule has 1 amide bonds. The molecule has 0 aliphatic rings. The highest BCUT2D eigenvalue weighted by atomic mass is 16.4. The van der Waals surface area contributed by atoms with E-state index < -0.39 is 5.97 Å². The highest BCUT2D eigenvalue weighted by Crippen LogP contribution is 2.21. The maximum absolute atomic E-state index is 13.0. The van der Waals surface area contributed by atoms with Crippen molar-refractivity contribution in [1.29, 1.82) is 0 Å². The first-order valence-corrected chi connectivity index (χ1v) is 10.3. The van der Waals surface area contributed by atoms with Crippen LogP contribution in [0, 0.1) is 0 Å². The lowest BCUT2D eigenvalue weighted by Crippen LogP contribution is -2.20. The molecule has 0 aliphatic carbocycles. The lowest BCUT2D eigenvalue weighted by Gasteiger charge is -2.14. The topological polar surface area (TPSA) is 108 Å². The Hall–Kier alpha value is -4.07. The molecule has 0 bridgehead atoms. The largest absolute Gasteiger partial charge is 0.477 e. The predicted octanol–water partition coefficient (Wildman–Crippen LogP) is 3.76. The van der Waals surface area contributed by atoms with Crippen LogP contribution < -0.4 is 16.0 Å². The summed E-state index contributed by atoms with van der Waals surface area (Å²) >= 11 is 0. The van der Waals surface area contributed by atoms with Crippen molar-refractivity contribution in [3.63, 3.8) is 0 Å². The number of nitrogens with zero attached hydrogens (tertiary/aromatic N) is 2. The van der Waals surface area contributed by atoms with Crippen LogP contribution >= 0.6 is 0 Å². The molecule has 0 fully saturated rings. The summed E-state index contributed by atoms with van der Waals surface area (Å²) in [4.78, 5) is 23.8. The predicted molar refractivity (Wildman–Crippen MR) is 127 cm³/mol. The number of rotatable bonds is 10. The molecule has 3 rings (SSSR count). The Morgan fingerprint density at radius 2 is 2.00 bits per heavy atom. The molecule has 0 unspecified atom stereocenters. The average Bonchev–Trinajstić information content (AvgIpc) is 3.16. The fraction of sp³-hybridized carbons (Fsp3) is 0.208. The van der Waals surface area contributed by atoms with Gasteiger partial charge in [0, 0.05) is 36.9 Å². The van der Waals surface area contributed by atoms with E-state index in [0.29, 0.717) is 30.0 Å². The second kappa shape index (κ2) is 10.3. The Morgan fingerprint density at radius 3 is 2.75 bits per heavy atom. The zero-order valence-corrected chi connectivity index (χ0v) is 18.2. The smallest absolute Gasteiger partial charge is 0.351 e. The van der Waals surface area contributed by atoms with E-state index in [-0.39, 0.29) is 11.6 Å². The third kappa shape index (κ3) is 5.54. The van der Waals surface area contributed by atoms with Gasteiger partial charge in [0.1, 0.15) is 5.70 Å². The maximum Gasteiger partial charge on any atom is 0.351 e. The summed E-state index contributed by atoms with van der Waals surface area (Å²) < 4.78 is 1.76. The van der Waals surface area contributed by atoms with Gasteiger partial charge in [0.25, 0.3) is 5.91 Å². The third-order valence-corrected chi connectivity index (χ3v) is 5.10. The molecule has 3 aromatic rings. The summed E-state index contributed by atoms with van der Waals surface area (Å²) in [5, 5.41) is 23.1. The van der Waals surface area contributed by atoms with Crippen molar-refractivity contribution in [3.05, 3.63) is 78.1 Å². The van der Waals surface area contributed by atoms with Crippen LogP contribution in [-0.2, 0) is 11.8 Å². The summed E-state index contributed by atoms with van der Waals surface area (Å²) in [7, 11) is 1.86. The van der Waals surface area contributed by atoms with Crippen molar-refractivity contribution in [3.8, 4) is 0 Å². The molecule has 1 heterocycles. The van der Waals surface area contributed by atoms with E-state index in [1.165, 1.54) is 0 Å². The number of fused-ring (bicyclic) bond motifs is 1. The van der Waals surface area contributed by atoms with E-state index >= 15 is 0 Å². The molecule has 0 spiro atoms. The van der Waals surface area contributed by atoms with Crippen molar-refractivity contribution in [1.82, 2.24) is 15.1 Å². The van der Waals surface area contributed by atoms with Gasteiger partial charge in [0.05, 0.1) is 17.3 Å². The zero-order chi connectivity index (χ0) is 23.1. The van der Waals surface area contributed by atoms with Gasteiger partial charge in [-0.05, 0) is 36.8 Å². The Kier molecular flexibility index (Phi) is 7.28. The number of aryl methyl sites for hydroxylation is 1. The first-order valence-electron chi connectivity index (χ1n) is 10.3. The molecule has 8 nitrogen and oxygen atoms in total. The van der Waals surface area contributed by atoms with Crippen LogP contribution in [-0.4, -0.2) is 39.9 Å². The number of carboxylic acids is 1. The van der Waals surface area contributed by atoms with Crippen LogP contribution in [0.5, 0.6) is 0 Å². The van der Waals surface area contributed by atoms with Gasteiger partial charge in [-0.2, -0.15) is 5.10 Å². The molecule has 0 aliphatic heterocycles. The molecular formula is C24H27N5O3. The van der Waals surface area contributed by atoms with E-state index in [2.05, 4.69) is 27.6 Å². The quantitative estimate of drug-likeness (QED) is 0.286. The fourth-order valence-electron chi connectivity index (χ4n) is 3.20. The normalized spacial score (nSPS) is 11.2. The Labute approximate surface area is 186 Å². The molecule has 0 radical (unpaired) electrons. The SMILES string of the molecule is C=C(NC/C=C(\CC)CNc1ccccc1C(=O)Nc1ccc2cnn(C)c2c1)C(=O)O. The first-order chi connectivity index (χ1) is 15.4. The van der Waals surface area contributed by atoms with Crippen LogP contribution in [0.2, 0.25) is 0 Å². The summed E-state index contributed by atoms with van der Waals surface area (Å²) in [6, 6.07) is 13.0. The number of carbonyl (C=O) groups is 2. The van der Waals surface area contributed by atoms with Gasteiger partial charge in [-0.1, -0.05) is 37.3 Å². The van der Waals surface area contributed by atoms with E-state index in [1.54, 1.807) is 16.9 Å². The molecule has 0 saturated heterocycles. The molecule has 4 N–H and O–H groups in total. The van der Waals surface area contributed by atoms with Crippen molar-refractivity contribution < 1.29 is 14.7 Å². The number of hydrogen-bond donors (Lipinski definition) is 4. The van der Waals surface area contributed by atoms with Gasteiger partial charge < -0.3 is 21.1 Å². The summed E-state index contributed by atoms with van der Waals surface area (Å²) in [6.45, 7) is 6.37. The molecule has 1 aromatic heterocycles. The second-order valence-corrected chi connectivity index (χ2v) is 7.28. The van der Waals surface area contributed by atoms with Crippen LogP contribution in [0.25, 0.3) is 10.9 Å². The second-order valence-electron chi connectivity index (χ2n) is 7.28. The Bertz CT molecular complexity index is 1180. The number of carbonyl (C=O) groups excluding carboxylic acids is 1. The number of aromatic nitrogens is 2. The van der Waals surface area contributed by atoms with Crippen LogP contribution in [0.4, 0.5) is 11.4 Å². The lowest BCUT2D eigenvalue weighted by molar-refractivity contribution is -0.133. The summed E-state index contributed by atoms with van der Waals surface area (Å²) in [5.74, 6) is -1.28. The Balaban J connectivity index is 1.67. The Morgan fingerprint density at radius 1 is 1.22 bits per heavy atom. The number of hydrogen-bond acceptors (Lipinski definition) is 5. The van der Waals surface area contributed by atoms with Gasteiger partial charge in [-0.15, -0.1) is 0 Å². The number of para-hydroxylation sites is 1. The third-order valence-electron chi connectivity index (χ3n) is 5.10. The van der Waals surface area contributed by atoms with E-state index in [0.717, 1.165) is 22.9 Å². The number of benzene rings is 2. The monoisotopic (exact) mass is 433 g/mol. The maximum atomic E-state index is 13.0.